The van der Waals surface area contributed by atoms with Gasteiger partial charge in [-0.3, -0.25) is 4.79 Å². The average molecular weight is 380 g/mol. The van der Waals surface area contributed by atoms with Crippen molar-refractivity contribution in [2.45, 2.75) is 24.7 Å². The Labute approximate surface area is 164 Å². The Balaban J connectivity index is 1.93. The van der Waals surface area contributed by atoms with E-state index in [1.165, 1.54) is 12.7 Å². The molecule has 3 atom stereocenters. The molecule has 3 unspecified atom stereocenters. The summed E-state index contributed by atoms with van der Waals surface area (Å²) in [5.41, 5.74) is 3.90. The Hall–Kier alpha value is -2.95. The maximum absolute atomic E-state index is 12.5. The van der Waals surface area contributed by atoms with Crippen molar-refractivity contribution >= 4 is 11.7 Å². The molecule has 0 aromatic heterocycles. The van der Waals surface area contributed by atoms with Gasteiger partial charge in [0, 0.05) is 17.0 Å². The van der Waals surface area contributed by atoms with Crippen LogP contribution in [-0.4, -0.2) is 32.4 Å². The van der Waals surface area contributed by atoms with E-state index in [-0.39, 0.29) is 23.6 Å². The van der Waals surface area contributed by atoms with E-state index in [4.69, 9.17) is 14.2 Å². The molecule has 0 spiro atoms. The smallest absolute Gasteiger partial charge is 0.313 e. The molecule has 0 radical (unpaired) electrons. The predicted octanol–water partition coefficient (Wildman–Crippen LogP) is 4.22. The van der Waals surface area contributed by atoms with Crippen LogP contribution < -0.4 is 9.47 Å². The third-order valence-corrected chi connectivity index (χ3v) is 5.96. The Kier molecular flexibility index (Phi) is 4.75. The molecule has 0 amide bonds. The third kappa shape index (κ3) is 2.82. The highest BCUT2D eigenvalue weighted by atomic mass is 16.5. The van der Waals surface area contributed by atoms with Gasteiger partial charge >= 0.3 is 5.97 Å². The number of aliphatic hydroxyl groups excluding tert-OH is 1. The van der Waals surface area contributed by atoms with Crippen LogP contribution in [0.15, 0.2) is 42.5 Å². The highest BCUT2D eigenvalue weighted by Gasteiger charge is 2.43. The van der Waals surface area contributed by atoms with Gasteiger partial charge in [-0.25, -0.2) is 0 Å². The topological polar surface area (TPSA) is 65.0 Å². The van der Waals surface area contributed by atoms with E-state index in [1.807, 2.05) is 18.2 Å². The van der Waals surface area contributed by atoms with Gasteiger partial charge < -0.3 is 19.3 Å². The first kappa shape index (κ1) is 18.4. The highest BCUT2D eigenvalue weighted by Crippen LogP contribution is 2.54. The van der Waals surface area contributed by atoms with Crippen LogP contribution in [0.4, 0.5) is 0 Å². The van der Waals surface area contributed by atoms with Crippen LogP contribution in [0.25, 0.3) is 5.76 Å². The molecule has 2 aromatic rings. The minimum atomic E-state index is -0.527. The fourth-order valence-corrected chi connectivity index (χ4v) is 4.73. The molecule has 0 aliphatic heterocycles. The van der Waals surface area contributed by atoms with Gasteiger partial charge in [-0.1, -0.05) is 30.3 Å². The monoisotopic (exact) mass is 380 g/mol. The number of benzene rings is 2. The minimum absolute atomic E-state index is 0.0852. The SMILES string of the molecule is COC(=O)C1C=C(O)c2cc(OC)c(OC)c3c2C1CC(c1ccccc1)C3. The molecule has 0 heterocycles. The Bertz CT molecular complexity index is 932. The molecule has 4 rings (SSSR count). The second kappa shape index (κ2) is 7.23. The molecule has 146 valence electrons. The molecule has 0 fully saturated rings. The Morgan fingerprint density at radius 3 is 2.50 bits per heavy atom. The van der Waals surface area contributed by atoms with Crippen molar-refractivity contribution < 1.29 is 24.1 Å². The second-order valence-electron chi connectivity index (χ2n) is 7.31. The fourth-order valence-electron chi connectivity index (χ4n) is 4.73. The van der Waals surface area contributed by atoms with Gasteiger partial charge in [0.1, 0.15) is 5.76 Å². The van der Waals surface area contributed by atoms with Crippen LogP contribution in [0, 0.1) is 5.92 Å². The first-order valence-corrected chi connectivity index (χ1v) is 9.40. The van der Waals surface area contributed by atoms with Crippen molar-refractivity contribution in [3.63, 3.8) is 0 Å². The van der Waals surface area contributed by atoms with E-state index in [2.05, 4.69) is 12.1 Å². The lowest BCUT2D eigenvalue weighted by molar-refractivity contribution is -0.144. The molecular weight excluding hydrogens is 356 g/mol. The van der Waals surface area contributed by atoms with Crippen molar-refractivity contribution in [3.05, 3.63) is 64.7 Å². The van der Waals surface area contributed by atoms with Crippen LogP contribution in [-0.2, 0) is 16.0 Å². The first-order chi connectivity index (χ1) is 13.6. The molecule has 0 saturated heterocycles. The zero-order chi connectivity index (χ0) is 19.8. The van der Waals surface area contributed by atoms with E-state index < -0.39 is 5.92 Å². The molecule has 2 aliphatic rings. The minimum Gasteiger partial charge on any atom is -0.508 e. The molecule has 0 saturated carbocycles. The van der Waals surface area contributed by atoms with Crippen LogP contribution in [0.3, 0.4) is 0 Å². The lowest BCUT2D eigenvalue weighted by Crippen LogP contribution is -2.32. The molecule has 2 aromatic carbocycles. The summed E-state index contributed by atoms with van der Waals surface area (Å²) in [4.78, 5) is 12.5. The van der Waals surface area contributed by atoms with Gasteiger partial charge in [0.25, 0.3) is 0 Å². The zero-order valence-corrected chi connectivity index (χ0v) is 16.3. The summed E-state index contributed by atoms with van der Waals surface area (Å²) < 4.78 is 16.3. The number of carbonyl (C=O) groups is 1. The van der Waals surface area contributed by atoms with E-state index in [0.717, 1.165) is 24.0 Å². The normalized spacial score (nSPS) is 22.7. The van der Waals surface area contributed by atoms with E-state index >= 15 is 0 Å². The Morgan fingerprint density at radius 1 is 1.11 bits per heavy atom. The van der Waals surface area contributed by atoms with Crippen LogP contribution in [0.5, 0.6) is 11.5 Å². The fraction of sp³-hybridized carbons (Fsp3) is 0.348. The number of carbonyl (C=O) groups excluding carboxylic acids is 1. The van der Waals surface area contributed by atoms with E-state index in [9.17, 15) is 9.90 Å². The number of hydrogen-bond acceptors (Lipinski definition) is 5. The van der Waals surface area contributed by atoms with Gasteiger partial charge in [-0.2, -0.15) is 0 Å². The molecule has 5 nitrogen and oxygen atoms in total. The first-order valence-electron chi connectivity index (χ1n) is 9.40. The summed E-state index contributed by atoms with van der Waals surface area (Å²) >= 11 is 0. The van der Waals surface area contributed by atoms with Crippen LogP contribution in [0.2, 0.25) is 0 Å². The largest absolute Gasteiger partial charge is 0.508 e. The Morgan fingerprint density at radius 2 is 1.86 bits per heavy atom. The van der Waals surface area contributed by atoms with Gasteiger partial charge in [-0.15, -0.1) is 0 Å². The molecule has 0 bridgehead atoms. The van der Waals surface area contributed by atoms with Crippen LogP contribution in [0.1, 0.15) is 40.5 Å². The van der Waals surface area contributed by atoms with Gasteiger partial charge in [0.15, 0.2) is 11.5 Å². The molecular formula is C23H24O5. The lowest BCUT2D eigenvalue weighted by Gasteiger charge is -2.39. The number of esters is 1. The van der Waals surface area contributed by atoms with Crippen molar-refractivity contribution in [2.24, 2.45) is 5.92 Å². The van der Waals surface area contributed by atoms with Crippen molar-refractivity contribution in [2.75, 3.05) is 21.3 Å². The van der Waals surface area contributed by atoms with E-state index in [0.29, 0.717) is 17.1 Å². The zero-order valence-electron chi connectivity index (χ0n) is 16.3. The molecule has 5 heteroatoms. The second-order valence-corrected chi connectivity index (χ2v) is 7.31. The summed E-state index contributed by atoms with van der Waals surface area (Å²) in [5, 5.41) is 10.7. The molecule has 28 heavy (non-hydrogen) atoms. The number of hydrogen-bond donors (Lipinski definition) is 1. The van der Waals surface area contributed by atoms with Crippen molar-refractivity contribution in [3.8, 4) is 11.5 Å². The summed E-state index contributed by atoms with van der Waals surface area (Å²) in [6.07, 6.45) is 3.16. The van der Waals surface area contributed by atoms with Gasteiger partial charge in [0.05, 0.1) is 27.2 Å². The number of rotatable bonds is 4. The van der Waals surface area contributed by atoms with Gasteiger partial charge in [-0.05, 0) is 42.0 Å². The van der Waals surface area contributed by atoms with Crippen molar-refractivity contribution in [1.29, 1.82) is 0 Å². The van der Waals surface area contributed by atoms with Gasteiger partial charge in [0.2, 0.25) is 0 Å². The maximum Gasteiger partial charge on any atom is 0.313 e. The summed E-state index contributed by atoms with van der Waals surface area (Å²) in [6.45, 7) is 0. The number of aliphatic hydroxyl groups is 1. The molecule has 2 aliphatic carbocycles. The maximum atomic E-state index is 12.5. The predicted molar refractivity (Wildman–Crippen MR) is 106 cm³/mol. The lowest BCUT2D eigenvalue weighted by atomic mass is 9.65. The highest BCUT2D eigenvalue weighted by molar-refractivity contribution is 5.83. The van der Waals surface area contributed by atoms with Crippen LogP contribution >= 0.6 is 0 Å². The van der Waals surface area contributed by atoms with Crippen molar-refractivity contribution in [1.82, 2.24) is 0 Å². The average Bonchev–Trinajstić information content (AvgIpc) is 2.75. The van der Waals surface area contributed by atoms with E-state index in [1.54, 1.807) is 26.4 Å². The summed E-state index contributed by atoms with van der Waals surface area (Å²) in [7, 11) is 4.60. The standard InChI is InChI=1S/C23H24O5/c1-26-20-12-17-19(24)11-16(23(25)28-3)15-9-14(13-7-5-4-6-8-13)10-18(21(15)17)22(20)27-2/h4-8,11-12,14-16,24H,9-10H2,1-3H3. The number of methoxy groups -OCH3 is 3. The molecule has 1 N–H and O–H groups in total. The quantitative estimate of drug-likeness (QED) is 0.805. The summed E-state index contributed by atoms with van der Waals surface area (Å²) in [6, 6.07) is 12.1. The summed E-state index contributed by atoms with van der Waals surface area (Å²) in [5.74, 6) is 0.616. The third-order valence-electron chi connectivity index (χ3n) is 5.96. The number of ether oxygens (including phenoxy) is 3.